The van der Waals surface area contributed by atoms with E-state index in [-0.39, 0.29) is 29.5 Å². The standard InChI is InChI=1S/C20H19F4N7O/c1-10(6-11(21)7-25-2)26-18-29-17(14-4-3-5-15(27-14)20(22,23)24)30-19(31-18)28-16-12-8-32-9-13(12)16/h3-7,12-13,16H,2,8-9H2,1H3,(H2,26,28,29,30,31)/b10-6+,11-7+. The van der Waals surface area contributed by atoms with Crippen LogP contribution in [0.1, 0.15) is 12.6 Å². The summed E-state index contributed by atoms with van der Waals surface area (Å²) >= 11 is 0. The summed E-state index contributed by atoms with van der Waals surface area (Å²) in [5, 5.41) is 6.00. The van der Waals surface area contributed by atoms with Crippen LogP contribution in [-0.2, 0) is 10.9 Å². The van der Waals surface area contributed by atoms with Crippen LogP contribution in [0.4, 0.5) is 29.5 Å². The van der Waals surface area contributed by atoms with Gasteiger partial charge in [-0.05, 0) is 31.9 Å². The van der Waals surface area contributed by atoms with Crippen LogP contribution in [0.3, 0.4) is 0 Å². The first-order valence-electron chi connectivity index (χ1n) is 9.66. The van der Waals surface area contributed by atoms with Gasteiger partial charge in [0.2, 0.25) is 11.9 Å². The number of hydrogen-bond acceptors (Lipinski definition) is 8. The second-order valence-corrected chi connectivity index (χ2v) is 7.40. The second-order valence-electron chi connectivity index (χ2n) is 7.40. The van der Waals surface area contributed by atoms with Crippen molar-refractivity contribution in [1.29, 1.82) is 0 Å². The number of alkyl halides is 3. The van der Waals surface area contributed by atoms with Crippen molar-refractivity contribution in [1.82, 2.24) is 19.9 Å². The lowest BCUT2D eigenvalue weighted by Gasteiger charge is -2.12. The Morgan fingerprint density at radius 2 is 1.88 bits per heavy atom. The van der Waals surface area contributed by atoms with E-state index in [0.717, 1.165) is 18.3 Å². The molecule has 3 heterocycles. The lowest BCUT2D eigenvalue weighted by Crippen LogP contribution is -2.16. The Hall–Kier alpha value is -3.41. The number of nitrogens with zero attached hydrogens (tertiary/aromatic N) is 5. The zero-order valence-electron chi connectivity index (χ0n) is 16.9. The number of anilines is 2. The van der Waals surface area contributed by atoms with Gasteiger partial charge in [0, 0.05) is 23.6 Å². The van der Waals surface area contributed by atoms with E-state index < -0.39 is 17.7 Å². The minimum absolute atomic E-state index is 0.0203. The molecular weight excluding hydrogens is 430 g/mol. The number of nitrogens with one attached hydrogen (secondary N) is 2. The highest BCUT2D eigenvalue weighted by Gasteiger charge is 2.54. The van der Waals surface area contributed by atoms with E-state index in [1.807, 2.05) is 0 Å². The molecule has 168 valence electrons. The number of aromatic nitrogens is 4. The number of rotatable bonds is 7. The number of pyridine rings is 1. The molecule has 2 unspecified atom stereocenters. The first-order chi connectivity index (χ1) is 15.2. The highest BCUT2D eigenvalue weighted by molar-refractivity contribution is 5.55. The highest BCUT2D eigenvalue weighted by Crippen LogP contribution is 2.45. The molecule has 12 heteroatoms. The molecule has 0 radical (unpaired) electrons. The summed E-state index contributed by atoms with van der Waals surface area (Å²) in [4.78, 5) is 19.7. The fraction of sp³-hybridized carbons (Fsp3) is 0.350. The average molecular weight is 449 g/mol. The Bertz CT molecular complexity index is 1080. The third kappa shape index (κ3) is 4.90. The lowest BCUT2D eigenvalue weighted by atomic mass is 10.3. The van der Waals surface area contributed by atoms with Crippen LogP contribution in [0.5, 0.6) is 0 Å². The van der Waals surface area contributed by atoms with E-state index >= 15 is 0 Å². The Kier molecular flexibility index (Phi) is 5.87. The number of ether oxygens (including phenoxy) is 1. The highest BCUT2D eigenvalue weighted by atomic mass is 19.4. The molecule has 1 aliphatic heterocycles. The third-order valence-electron chi connectivity index (χ3n) is 5.03. The Morgan fingerprint density at radius 3 is 2.56 bits per heavy atom. The molecular formula is C20H19F4N7O. The van der Waals surface area contributed by atoms with Crippen molar-refractivity contribution in [2.45, 2.75) is 19.1 Å². The third-order valence-corrected chi connectivity index (χ3v) is 5.03. The zero-order valence-corrected chi connectivity index (χ0v) is 16.9. The summed E-state index contributed by atoms with van der Waals surface area (Å²) in [6, 6.07) is 3.57. The van der Waals surface area contributed by atoms with Crippen molar-refractivity contribution >= 4 is 18.6 Å². The van der Waals surface area contributed by atoms with Gasteiger partial charge in [-0.1, -0.05) is 6.07 Å². The minimum atomic E-state index is -4.61. The number of halogens is 4. The van der Waals surface area contributed by atoms with Gasteiger partial charge in [0.1, 0.15) is 17.2 Å². The smallest absolute Gasteiger partial charge is 0.381 e. The van der Waals surface area contributed by atoms with E-state index in [1.165, 1.54) is 12.1 Å². The van der Waals surface area contributed by atoms with Crippen LogP contribution in [0.25, 0.3) is 11.5 Å². The first-order valence-corrected chi connectivity index (χ1v) is 9.66. The van der Waals surface area contributed by atoms with Crippen LogP contribution in [0.2, 0.25) is 0 Å². The van der Waals surface area contributed by atoms with Crippen LogP contribution < -0.4 is 10.6 Å². The van der Waals surface area contributed by atoms with Gasteiger partial charge in [0.25, 0.3) is 0 Å². The normalized spacial score (nSPS) is 23.0. The molecule has 0 aromatic carbocycles. The van der Waals surface area contributed by atoms with Crippen molar-refractivity contribution in [3.63, 3.8) is 0 Å². The van der Waals surface area contributed by atoms with Crippen LogP contribution in [0.15, 0.2) is 47.0 Å². The lowest BCUT2D eigenvalue weighted by molar-refractivity contribution is -0.141. The molecule has 0 amide bonds. The van der Waals surface area contributed by atoms with E-state index in [0.29, 0.717) is 30.7 Å². The monoisotopic (exact) mass is 449 g/mol. The summed E-state index contributed by atoms with van der Waals surface area (Å²) in [5.41, 5.74) is -0.802. The van der Waals surface area contributed by atoms with Crippen molar-refractivity contribution in [3.05, 3.63) is 47.7 Å². The zero-order chi connectivity index (χ0) is 22.9. The first kappa shape index (κ1) is 21.8. The molecule has 4 rings (SSSR count). The Balaban J connectivity index is 1.66. The molecule has 0 spiro atoms. The van der Waals surface area contributed by atoms with Gasteiger partial charge in [-0.15, -0.1) is 0 Å². The van der Waals surface area contributed by atoms with E-state index in [2.05, 4.69) is 42.3 Å². The van der Waals surface area contributed by atoms with Gasteiger partial charge in [0.05, 0.1) is 19.4 Å². The number of aliphatic imine (C=N–C) groups is 1. The van der Waals surface area contributed by atoms with Crippen LogP contribution in [-0.4, -0.2) is 45.9 Å². The molecule has 2 N–H and O–H groups in total. The van der Waals surface area contributed by atoms with Crippen LogP contribution >= 0.6 is 0 Å². The molecule has 2 aromatic rings. The number of allylic oxidation sites excluding steroid dienone is 3. The van der Waals surface area contributed by atoms with Crippen molar-refractivity contribution in [2.75, 3.05) is 23.8 Å². The van der Waals surface area contributed by atoms with Gasteiger partial charge in [-0.3, -0.25) is 4.99 Å². The minimum Gasteiger partial charge on any atom is -0.381 e. The second kappa shape index (κ2) is 8.61. The Morgan fingerprint density at radius 1 is 1.16 bits per heavy atom. The molecule has 0 bridgehead atoms. The summed E-state index contributed by atoms with van der Waals surface area (Å²) < 4.78 is 58.3. The SMILES string of the molecule is C=N/C=C(F)\C=C(/C)Nc1nc(NC2C3COCC32)nc(-c2cccc(C(F)(F)F)n2)n1. The largest absolute Gasteiger partial charge is 0.433 e. The maximum atomic E-state index is 13.7. The van der Waals surface area contributed by atoms with Crippen LogP contribution in [0, 0.1) is 11.8 Å². The maximum Gasteiger partial charge on any atom is 0.433 e. The predicted octanol–water partition coefficient (Wildman–Crippen LogP) is 3.84. The molecule has 1 saturated carbocycles. The predicted molar refractivity (Wildman–Crippen MR) is 109 cm³/mol. The van der Waals surface area contributed by atoms with Gasteiger partial charge < -0.3 is 15.4 Å². The summed E-state index contributed by atoms with van der Waals surface area (Å²) in [7, 11) is 0. The van der Waals surface area contributed by atoms with Gasteiger partial charge >= 0.3 is 6.18 Å². The van der Waals surface area contributed by atoms with Gasteiger partial charge in [-0.2, -0.15) is 28.1 Å². The maximum absolute atomic E-state index is 13.7. The van der Waals surface area contributed by atoms with Crippen molar-refractivity contribution in [3.8, 4) is 11.5 Å². The topological polar surface area (TPSA) is 97.2 Å². The van der Waals surface area contributed by atoms with E-state index in [1.54, 1.807) is 6.92 Å². The summed E-state index contributed by atoms with van der Waals surface area (Å²) in [6.45, 7) is 6.01. The summed E-state index contributed by atoms with van der Waals surface area (Å²) in [5.74, 6) is 0.161. The Labute approximate surface area is 180 Å². The van der Waals surface area contributed by atoms with Gasteiger partial charge in [0.15, 0.2) is 5.82 Å². The quantitative estimate of drug-likeness (QED) is 0.377. The number of hydrogen-bond donors (Lipinski definition) is 2. The molecule has 2 fully saturated rings. The fourth-order valence-electron chi connectivity index (χ4n) is 3.47. The fourth-order valence-corrected chi connectivity index (χ4v) is 3.47. The molecule has 2 aromatic heterocycles. The number of fused-ring (bicyclic) bond motifs is 1. The van der Waals surface area contributed by atoms with Crippen molar-refractivity contribution < 1.29 is 22.3 Å². The van der Waals surface area contributed by atoms with Crippen molar-refractivity contribution in [2.24, 2.45) is 16.8 Å². The summed E-state index contributed by atoms with van der Waals surface area (Å²) in [6.07, 6.45) is -2.53. The molecule has 32 heavy (non-hydrogen) atoms. The van der Waals surface area contributed by atoms with E-state index in [4.69, 9.17) is 4.74 Å². The molecule has 1 aliphatic carbocycles. The molecule has 2 aliphatic rings. The average Bonchev–Trinajstić information content (AvgIpc) is 3.14. The molecule has 2 atom stereocenters. The molecule has 8 nitrogen and oxygen atoms in total. The van der Waals surface area contributed by atoms with E-state index in [9.17, 15) is 17.6 Å². The molecule has 1 saturated heterocycles. The van der Waals surface area contributed by atoms with Gasteiger partial charge in [-0.25, -0.2) is 9.37 Å².